The number of halogens is 1. The molecule has 64 valence electrons. The molecule has 0 fully saturated rings. The summed E-state index contributed by atoms with van der Waals surface area (Å²) in [5.41, 5.74) is 2.09. The molecule has 0 aliphatic heterocycles. The standard InChI is InChI=1S/C10H11IO/c1-2-3-8-4-6-9(7-5-8)10(11)12/h4-7H,2-3H2,1H3. The zero-order valence-electron chi connectivity index (χ0n) is 7.01. The molecule has 0 atom stereocenters. The number of benzene rings is 1. The van der Waals surface area contributed by atoms with Crippen LogP contribution in [-0.2, 0) is 6.42 Å². The summed E-state index contributed by atoms with van der Waals surface area (Å²) in [7, 11) is 0. The van der Waals surface area contributed by atoms with Crippen LogP contribution in [0.3, 0.4) is 0 Å². The summed E-state index contributed by atoms with van der Waals surface area (Å²) in [4.78, 5) is 10.9. The molecule has 12 heavy (non-hydrogen) atoms. The lowest BCUT2D eigenvalue weighted by atomic mass is 10.1. The minimum absolute atomic E-state index is 0.107. The van der Waals surface area contributed by atoms with E-state index < -0.39 is 0 Å². The molecule has 0 radical (unpaired) electrons. The average molecular weight is 274 g/mol. The Morgan fingerprint density at radius 3 is 2.33 bits per heavy atom. The topological polar surface area (TPSA) is 17.1 Å². The molecule has 0 bridgehead atoms. The first-order chi connectivity index (χ1) is 5.74. The summed E-state index contributed by atoms with van der Waals surface area (Å²) in [6, 6.07) is 7.82. The molecule has 1 rings (SSSR count). The van der Waals surface area contributed by atoms with E-state index in [9.17, 15) is 4.79 Å². The molecule has 1 aromatic rings. The molecule has 0 aliphatic rings. The van der Waals surface area contributed by atoms with Gasteiger partial charge in [0.15, 0.2) is 0 Å². The van der Waals surface area contributed by atoms with Gasteiger partial charge in [-0.2, -0.15) is 0 Å². The molecular formula is C10H11IO. The summed E-state index contributed by atoms with van der Waals surface area (Å²) >= 11 is 1.80. The lowest BCUT2D eigenvalue weighted by Crippen LogP contribution is -1.88. The van der Waals surface area contributed by atoms with Gasteiger partial charge in [0.1, 0.15) is 0 Å². The highest BCUT2D eigenvalue weighted by atomic mass is 127. The van der Waals surface area contributed by atoms with Gasteiger partial charge in [-0.3, -0.25) is 4.79 Å². The maximum Gasteiger partial charge on any atom is 0.222 e. The predicted molar refractivity (Wildman–Crippen MR) is 58.8 cm³/mol. The van der Waals surface area contributed by atoms with E-state index in [0.717, 1.165) is 18.4 Å². The smallest absolute Gasteiger partial charge is 0.222 e. The van der Waals surface area contributed by atoms with Crippen LogP contribution < -0.4 is 0 Å². The van der Waals surface area contributed by atoms with Gasteiger partial charge in [0.25, 0.3) is 0 Å². The Morgan fingerprint density at radius 2 is 1.92 bits per heavy atom. The Morgan fingerprint density at radius 1 is 1.33 bits per heavy atom. The quantitative estimate of drug-likeness (QED) is 0.611. The number of hydrogen-bond acceptors (Lipinski definition) is 1. The molecule has 0 aromatic heterocycles. The molecule has 0 aliphatic carbocycles. The van der Waals surface area contributed by atoms with Gasteiger partial charge in [0, 0.05) is 28.2 Å². The Balaban J connectivity index is 2.78. The molecule has 0 saturated heterocycles. The molecule has 0 unspecified atom stereocenters. The van der Waals surface area contributed by atoms with Crippen LogP contribution in [0.15, 0.2) is 24.3 Å². The third-order valence-electron chi connectivity index (χ3n) is 1.72. The second kappa shape index (κ2) is 4.60. The number of rotatable bonds is 3. The van der Waals surface area contributed by atoms with E-state index in [-0.39, 0.29) is 3.79 Å². The summed E-state index contributed by atoms with van der Waals surface area (Å²) in [6.45, 7) is 2.15. The van der Waals surface area contributed by atoms with Crippen LogP contribution >= 0.6 is 22.6 Å². The van der Waals surface area contributed by atoms with Crippen LogP contribution in [-0.4, -0.2) is 3.79 Å². The van der Waals surface area contributed by atoms with E-state index in [4.69, 9.17) is 0 Å². The van der Waals surface area contributed by atoms with Gasteiger partial charge in [-0.05, 0) is 12.0 Å². The highest BCUT2D eigenvalue weighted by molar-refractivity contribution is 14.1. The second-order valence-corrected chi connectivity index (χ2v) is 3.70. The molecule has 1 aromatic carbocycles. The van der Waals surface area contributed by atoms with Crippen molar-refractivity contribution < 1.29 is 4.79 Å². The van der Waals surface area contributed by atoms with Crippen LogP contribution in [0.5, 0.6) is 0 Å². The van der Waals surface area contributed by atoms with Gasteiger partial charge < -0.3 is 0 Å². The van der Waals surface area contributed by atoms with Crippen LogP contribution in [0.2, 0.25) is 0 Å². The van der Waals surface area contributed by atoms with Crippen LogP contribution in [0.25, 0.3) is 0 Å². The second-order valence-electron chi connectivity index (χ2n) is 2.72. The van der Waals surface area contributed by atoms with Crippen molar-refractivity contribution in [1.29, 1.82) is 0 Å². The van der Waals surface area contributed by atoms with Crippen molar-refractivity contribution in [2.24, 2.45) is 0 Å². The predicted octanol–water partition coefficient (Wildman–Crippen LogP) is 3.21. The molecule has 0 saturated carbocycles. The SMILES string of the molecule is CCCc1ccc(C(=O)I)cc1. The Hall–Kier alpha value is -0.380. The fourth-order valence-corrected chi connectivity index (χ4v) is 1.45. The molecule has 2 heteroatoms. The van der Waals surface area contributed by atoms with Crippen molar-refractivity contribution >= 4 is 26.4 Å². The highest BCUT2D eigenvalue weighted by Crippen LogP contribution is 2.09. The first kappa shape index (κ1) is 9.71. The first-order valence-electron chi connectivity index (χ1n) is 4.03. The summed E-state index contributed by atoms with van der Waals surface area (Å²) in [5.74, 6) is 0. The maximum atomic E-state index is 10.9. The van der Waals surface area contributed by atoms with E-state index in [1.807, 2.05) is 24.3 Å². The van der Waals surface area contributed by atoms with Crippen molar-refractivity contribution in [3.05, 3.63) is 35.4 Å². The molecule has 0 N–H and O–H groups in total. The van der Waals surface area contributed by atoms with Gasteiger partial charge in [-0.15, -0.1) is 0 Å². The van der Waals surface area contributed by atoms with Gasteiger partial charge in [-0.1, -0.05) is 37.6 Å². The molecule has 1 nitrogen and oxygen atoms in total. The number of hydrogen-bond donors (Lipinski definition) is 0. The van der Waals surface area contributed by atoms with Crippen LogP contribution in [0, 0.1) is 0 Å². The van der Waals surface area contributed by atoms with E-state index >= 15 is 0 Å². The van der Waals surface area contributed by atoms with Crippen molar-refractivity contribution in [3.63, 3.8) is 0 Å². The highest BCUT2D eigenvalue weighted by Gasteiger charge is 1.99. The van der Waals surface area contributed by atoms with Gasteiger partial charge in [0.2, 0.25) is 3.79 Å². The maximum absolute atomic E-state index is 10.9. The molecular weight excluding hydrogens is 263 g/mol. The Labute approximate surface area is 86.3 Å². The normalized spacial score (nSPS) is 9.83. The fraction of sp³-hybridized carbons (Fsp3) is 0.300. The third-order valence-corrected chi connectivity index (χ3v) is 2.34. The van der Waals surface area contributed by atoms with Gasteiger partial charge >= 0.3 is 0 Å². The molecule has 0 amide bonds. The van der Waals surface area contributed by atoms with Gasteiger partial charge in [0.05, 0.1) is 0 Å². The minimum Gasteiger partial charge on any atom is -0.282 e. The first-order valence-corrected chi connectivity index (χ1v) is 5.10. The Kier molecular flexibility index (Phi) is 3.72. The van der Waals surface area contributed by atoms with Gasteiger partial charge in [-0.25, -0.2) is 0 Å². The zero-order chi connectivity index (χ0) is 8.97. The molecule has 0 spiro atoms. The van der Waals surface area contributed by atoms with Crippen LogP contribution in [0.1, 0.15) is 29.3 Å². The summed E-state index contributed by atoms with van der Waals surface area (Å²) in [6.07, 6.45) is 2.24. The number of aryl methyl sites for hydroxylation is 1. The van der Waals surface area contributed by atoms with E-state index in [0.29, 0.717) is 0 Å². The molecule has 0 heterocycles. The Bertz CT molecular complexity index is 264. The summed E-state index contributed by atoms with van der Waals surface area (Å²) < 4.78 is 0.107. The zero-order valence-corrected chi connectivity index (χ0v) is 9.17. The fourth-order valence-electron chi connectivity index (χ4n) is 1.09. The van der Waals surface area contributed by atoms with Crippen LogP contribution in [0.4, 0.5) is 0 Å². The number of carbonyl (C=O) groups is 1. The monoisotopic (exact) mass is 274 g/mol. The minimum atomic E-state index is 0.107. The van der Waals surface area contributed by atoms with Crippen molar-refractivity contribution in [1.82, 2.24) is 0 Å². The van der Waals surface area contributed by atoms with E-state index in [1.54, 1.807) is 22.6 Å². The van der Waals surface area contributed by atoms with Crippen molar-refractivity contribution in [2.45, 2.75) is 19.8 Å². The largest absolute Gasteiger partial charge is 0.282 e. The van der Waals surface area contributed by atoms with E-state index in [2.05, 4.69) is 6.92 Å². The summed E-state index contributed by atoms with van der Waals surface area (Å²) in [5, 5.41) is 0. The van der Waals surface area contributed by atoms with Crippen molar-refractivity contribution in [3.8, 4) is 0 Å². The van der Waals surface area contributed by atoms with E-state index in [1.165, 1.54) is 5.56 Å². The number of carbonyl (C=O) groups excluding carboxylic acids is 1. The van der Waals surface area contributed by atoms with Crippen molar-refractivity contribution in [2.75, 3.05) is 0 Å². The lowest BCUT2D eigenvalue weighted by Gasteiger charge is -1.98. The third kappa shape index (κ3) is 2.59. The lowest BCUT2D eigenvalue weighted by molar-refractivity contribution is 0.110. The average Bonchev–Trinajstić information content (AvgIpc) is 2.06.